The second-order valence-electron chi connectivity index (χ2n) is 6.08. The van der Waals surface area contributed by atoms with E-state index in [1.54, 1.807) is 42.5 Å². The number of rotatable bonds is 6. The van der Waals surface area contributed by atoms with E-state index in [0.717, 1.165) is 0 Å². The van der Waals surface area contributed by atoms with Crippen LogP contribution in [0.1, 0.15) is 12.0 Å². The third-order valence-corrected chi connectivity index (χ3v) is 4.44. The van der Waals surface area contributed by atoms with Crippen LogP contribution < -0.4 is 10.6 Å². The van der Waals surface area contributed by atoms with Crippen molar-refractivity contribution < 1.29 is 14.0 Å². The molecule has 0 aliphatic heterocycles. The first-order valence-electron chi connectivity index (χ1n) is 8.12. The Morgan fingerprint density at radius 2 is 1.84 bits per heavy atom. The van der Waals surface area contributed by atoms with Crippen LogP contribution in [0, 0.1) is 17.7 Å². The Labute approximate surface area is 150 Å². The molecule has 2 amide bonds. The summed E-state index contributed by atoms with van der Waals surface area (Å²) in [6.45, 7) is 0.346. The molecule has 1 aliphatic carbocycles. The lowest BCUT2D eigenvalue weighted by Gasteiger charge is -2.07. The van der Waals surface area contributed by atoms with Gasteiger partial charge in [-0.25, -0.2) is 4.39 Å². The summed E-state index contributed by atoms with van der Waals surface area (Å²) >= 11 is 5.88. The fourth-order valence-electron chi connectivity index (χ4n) is 2.73. The molecule has 0 bridgehead atoms. The second kappa shape index (κ2) is 7.66. The van der Waals surface area contributed by atoms with Gasteiger partial charge in [-0.15, -0.1) is 0 Å². The number of carbonyl (C=O) groups is 2. The number of hydrogen-bond acceptors (Lipinski definition) is 2. The number of anilines is 1. The van der Waals surface area contributed by atoms with Crippen LogP contribution in [0.3, 0.4) is 0 Å². The molecule has 1 aliphatic rings. The minimum atomic E-state index is -0.326. The highest BCUT2D eigenvalue weighted by Crippen LogP contribution is 2.39. The number of amides is 2. The first kappa shape index (κ1) is 17.4. The second-order valence-corrected chi connectivity index (χ2v) is 6.52. The largest absolute Gasteiger partial charge is 0.356 e. The summed E-state index contributed by atoms with van der Waals surface area (Å²) in [6, 6.07) is 13.4. The molecule has 2 unspecified atom stereocenters. The van der Waals surface area contributed by atoms with Crippen LogP contribution in [0.2, 0.25) is 5.02 Å². The first-order valence-corrected chi connectivity index (χ1v) is 8.50. The highest BCUT2D eigenvalue weighted by atomic mass is 35.5. The summed E-state index contributed by atoms with van der Waals surface area (Å²) in [5.41, 5.74) is 1.18. The highest BCUT2D eigenvalue weighted by Gasteiger charge is 2.47. The van der Waals surface area contributed by atoms with Crippen LogP contribution >= 0.6 is 11.6 Å². The van der Waals surface area contributed by atoms with Gasteiger partial charge >= 0.3 is 0 Å². The molecule has 0 spiro atoms. The smallest absolute Gasteiger partial charge is 0.228 e. The average Bonchev–Trinajstić information content (AvgIpc) is 3.37. The van der Waals surface area contributed by atoms with E-state index in [9.17, 15) is 14.0 Å². The molecule has 2 atom stereocenters. The molecule has 0 saturated heterocycles. The quantitative estimate of drug-likeness (QED) is 0.829. The lowest BCUT2D eigenvalue weighted by molar-refractivity contribution is -0.125. The van der Waals surface area contributed by atoms with Gasteiger partial charge in [-0.3, -0.25) is 9.59 Å². The summed E-state index contributed by atoms with van der Waals surface area (Å²) in [7, 11) is 0. The van der Waals surface area contributed by atoms with Crippen LogP contribution in [0.4, 0.5) is 10.1 Å². The lowest BCUT2D eigenvalue weighted by atomic mass is 10.1. The molecule has 0 radical (unpaired) electrons. The van der Waals surface area contributed by atoms with Gasteiger partial charge in [0.05, 0.1) is 11.8 Å². The molecular weight excluding hydrogens is 343 g/mol. The van der Waals surface area contributed by atoms with Crippen molar-refractivity contribution in [3.8, 4) is 0 Å². The molecule has 3 rings (SSSR count). The van der Waals surface area contributed by atoms with Crippen molar-refractivity contribution in [3.63, 3.8) is 0 Å². The topological polar surface area (TPSA) is 58.2 Å². The predicted octanol–water partition coefficient (Wildman–Crippen LogP) is 3.41. The van der Waals surface area contributed by atoms with Gasteiger partial charge in [0.25, 0.3) is 0 Å². The van der Waals surface area contributed by atoms with Crippen LogP contribution in [0.15, 0.2) is 48.5 Å². The van der Waals surface area contributed by atoms with Gasteiger partial charge in [0.2, 0.25) is 11.8 Å². The molecule has 0 heterocycles. The molecule has 25 heavy (non-hydrogen) atoms. The van der Waals surface area contributed by atoms with Crippen molar-refractivity contribution >= 4 is 29.1 Å². The zero-order valence-electron chi connectivity index (χ0n) is 13.5. The van der Waals surface area contributed by atoms with Gasteiger partial charge in [-0.2, -0.15) is 0 Å². The highest BCUT2D eigenvalue weighted by molar-refractivity contribution is 6.30. The number of carbonyl (C=O) groups excluding carboxylic acids is 2. The maximum atomic E-state index is 13.5. The van der Waals surface area contributed by atoms with E-state index in [1.165, 1.54) is 6.07 Å². The van der Waals surface area contributed by atoms with E-state index in [1.807, 2.05) is 0 Å². The zero-order valence-corrected chi connectivity index (χ0v) is 14.2. The summed E-state index contributed by atoms with van der Waals surface area (Å²) in [4.78, 5) is 24.3. The normalized spacial score (nSPS) is 18.5. The first-order chi connectivity index (χ1) is 12.0. The fourth-order valence-corrected chi connectivity index (χ4v) is 2.92. The lowest BCUT2D eigenvalue weighted by Crippen LogP contribution is -2.29. The van der Waals surface area contributed by atoms with Gasteiger partial charge in [-0.1, -0.05) is 35.9 Å². The van der Waals surface area contributed by atoms with E-state index < -0.39 is 0 Å². The standard InChI is InChI=1S/C19H18ClFN2O2/c20-13-5-3-6-14(10-13)23-19(25)16-11-15(16)18(24)22-9-8-12-4-1-2-7-17(12)21/h1-7,10,15-16H,8-9,11H2,(H,22,24)(H,23,25). The Morgan fingerprint density at radius 3 is 2.60 bits per heavy atom. The van der Waals surface area contributed by atoms with Crippen LogP contribution in [-0.2, 0) is 16.0 Å². The molecule has 4 nitrogen and oxygen atoms in total. The summed E-state index contributed by atoms with van der Waals surface area (Å²) in [5.74, 6) is -1.27. The maximum absolute atomic E-state index is 13.5. The molecule has 1 fully saturated rings. The minimum Gasteiger partial charge on any atom is -0.356 e. The van der Waals surface area contributed by atoms with Crippen molar-refractivity contribution in [2.75, 3.05) is 11.9 Å². The fraction of sp³-hybridized carbons (Fsp3) is 0.263. The summed E-state index contributed by atoms with van der Waals surface area (Å²) in [6.07, 6.45) is 0.947. The van der Waals surface area contributed by atoms with Crippen LogP contribution in [0.25, 0.3) is 0 Å². The van der Waals surface area contributed by atoms with Gasteiger partial charge in [0.1, 0.15) is 5.82 Å². The Bertz CT molecular complexity index is 796. The van der Waals surface area contributed by atoms with E-state index in [0.29, 0.717) is 35.7 Å². The monoisotopic (exact) mass is 360 g/mol. The Morgan fingerprint density at radius 1 is 1.08 bits per heavy atom. The van der Waals surface area contributed by atoms with Gasteiger partial charge in [0, 0.05) is 17.3 Å². The van der Waals surface area contributed by atoms with Crippen LogP contribution in [0.5, 0.6) is 0 Å². The van der Waals surface area contributed by atoms with Gasteiger partial charge < -0.3 is 10.6 Å². The van der Waals surface area contributed by atoms with Gasteiger partial charge in [-0.05, 0) is 42.7 Å². The predicted molar refractivity (Wildman–Crippen MR) is 94.8 cm³/mol. The number of halogens is 2. The molecule has 0 aromatic heterocycles. The Balaban J connectivity index is 1.44. The number of hydrogen-bond donors (Lipinski definition) is 2. The van der Waals surface area contributed by atoms with E-state index in [-0.39, 0.29) is 29.5 Å². The van der Waals surface area contributed by atoms with E-state index >= 15 is 0 Å². The Hall–Kier alpha value is -2.40. The van der Waals surface area contributed by atoms with Crippen molar-refractivity contribution in [3.05, 3.63) is 64.9 Å². The maximum Gasteiger partial charge on any atom is 0.228 e. The molecule has 6 heteroatoms. The molecular formula is C19H18ClFN2O2. The third kappa shape index (κ3) is 4.57. The summed E-state index contributed by atoms with van der Waals surface area (Å²) in [5, 5.41) is 6.08. The van der Waals surface area contributed by atoms with Crippen molar-refractivity contribution in [1.29, 1.82) is 0 Å². The van der Waals surface area contributed by atoms with Crippen LogP contribution in [-0.4, -0.2) is 18.4 Å². The molecule has 2 aromatic rings. The van der Waals surface area contributed by atoms with Crippen molar-refractivity contribution in [2.45, 2.75) is 12.8 Å². The Kier molecular flexibility index (Phi) is 5.34. The van der Waals surface area contributed by atoms with E-state index in [2.05, 4.69) is 10.6 Å². The molecule has 1 saturated carbocycles. The van der Waals surface area contributed by atoms with Gasteiger partial charge in [0.15, 0.2) is 0 Å². The number of benzene rings is 2. The summed E-state index contributed by atoms with van der Waals surface area (Å²) < 4.78 is 13.5. The minimum absolute atomic E-state index is 0.164. The van der Waals surface area contributed by atoms with Crippen molar-refractivity contribution in [2.24, 2.45) is 11.8 Å². The molecule has 2 N–H and O–H groups in total. The zero-order chi connectivity index (χ0) is 17.8. The third-order valence-electron chi connectivity index (χ3n) is 4.21. The average molecular weight is 361 g/mol. The van der Waals surface area contributed by atoms with E-state index in [4.69, 9.17) is 11.6 Å². The molecule has 130 valence electrons. The SMILES string of the molecule is O=C(NCCc1ccccc1F)C1CC1C(=O)Nc1cccc(Cl)c1. The van der Waals surface area contributed by atoms with Crippen molar-refractivity contribution in [1.82, 2.24) is 5.32 Å². The molecule has 2 aromatic carbocycles. The number of nitrogens with one attached hydrogen (secondary N) is 2.